The minimum atomic E-state index is -1.59. The number of carboxylic acids is 1. The molecule has 15 heteroatoms. The largest absolute Gasteiger partial charge is 0.480 e. The van der Waals surface area contributed by atoms with Crippen molar-refractivity contribution in [2.45, 2.75) is 63.7 Å². The highest BCUT2D eigenvalue weighted by atomic mass is 16.4. The van der Waals surface area contributed by atoms with E-state index in [9.17, 15) is 29.1 Å². The van der Waals surface area contributed by atoms with Crippen LogP contribution >= 0.6 is 0 Å². The Bertz CT molecular complexity index is 1060. The van der Waals surface area contributed by atoms with Gasteiger partial charge in [-0.05, 0) is 5.92 Å². The van der Waals surface area contributed by atoms with Crippen molar-refractivity contribution in [3.8, 4) is 0 Å². The molecule has 2 rings (SSSR count). The van der Waals surface area contributed by atoms with Gasteiger partial charge in [0.2, 0.25) is 23.6 Å². The highest BCUT2D eigenvalue weighted by Gasteiger charge is 2.33. The van der Waals surface area contributed by atoms with Crippen molar-refractivity contribution in [2.24, 2.45) is 17.4 Å². The molecule has 0 fully saturated rings. The summed E-state index contributed by atoms with van der Waals surface area (Å²) in [5.41, 5.74) is 12.2. The van der Waals surface area contributed by atoms with Crippen LogP contribution in [0.25, 0.3) is 0 Å². The second-order valence-corrected chi connectivity index (χ2v) is 8.67. The minimum absolute atomic E-state index is 0.0685. The number of aromatic nitrogens is 4. The van der Waals surface area contributed by atoms with Crippen molar-refractivity contribution in [3.63, 3.8) is 0 Å². The number of aromatic amines is 2. The number of nitrogens with two attached hydrogens (primary N) is 2. The Hall–Kier alpha value is -4.27. The molecule has 2 heterocycles. The van der Waals surface area contributed by atoms with Crippen LogP contribution in [-0.4, -0.2) is 78.8 Å². The summed E-state index contributed by atoms with van der Waals surface area (Å²) < 4.78 is 0. The number of carbonyl (C=O) groups is 5. The number of imidazole rings is 2. The number of rotatable bonds is 15. The SMILES string of the molecule is CCC(C)C(NC(=O)C(N)Cc1cnc[nH]1)C(=O)NC(Cc1cnc[nH]1)C(=O)NC(CC(N)=O)C(=O)O. The molecule has 10 N–H and O–H groups in total. The number of carboxylic acid groups (broad SMARTS) is 1. The van der Waals surface area contributed by atoms with Crippen LogP contribution in [0.1, 0.15) is 38.1 Å². The summed E-state index contributed by atoms with van der Waals surface area (Å²) in [7, 11) is 0. The van der Waals surface area contributed by atoms with Crippen LogP contribution in [0.5, 0.6) is 0 Å². The van der Waals surface area contributed by atoms with E-state index in [0.29, 0.717) is 17.8 Å². The predicted molar refractivity (Wildman–Crippen MR) is 129 cm³/mol. The predicted octanol–water partition coefficient (Wildman–Crippen LogP) is -2.29. The Labute approximate surface area is 212 Å². The molecular formula is C22H33N9O6. The van der Waals surface area contributed by atoms with E-state index in [2.05, 4.69) is 35.9 Å². The quantitative estimate of drug-likeness (QED) is 0.126. The Morgan fingerprint density at radius 3 is 1.97 bits per heavy atom. The monoisotopic (exact) mass is 519 g/mol. The highest BCUT2D eigenvalue weighted by Crippen LogP contribution is 2.10. The standard InChI is InChI=1S/C22H33N9O6/c1-3-11(2)18(31-19(33)14(23)4-12-7-25-9-27-12)21(35)29-15(5-13-8-26-10-28-13)20(34)30-16(22(36)37)6-17(24)32/h7-11,14-16,18H,3-6,23H2,1-2H3,(H2,24,32)(H,25,27)(H,26,28)(H,29,35)(H,30,34)(H,31,33)(H,36,37). The van der Waals surface area contributed by atoms with Crippen molar-refractivity contribution < 1.29 is 29.1 Å². The van der Waals surface area contributed by atoms with E-state index >= 15 is 0 Å². The Morgan fingerprint density at radius 1 is 0.919 bits per heavy atom. The van der Waals surface area contributed by atoms with Crippen LogP contribution in [0, 0.1) is 5.92 Å². The molecule has 4 amide bonds. The van der Waals surface area contributed by atoms with Gasteiger partial charge in [0.1, 0.15) is 18.1 Å². The van der Waals surface area contributed by atoms with Gasteiger partial charge in [0, 0.05) is 36.6 Å². The van der Waals surface area contributed by atoms with Crippen molar-refractivity contribution in [1.29, 1.82) is 0 Å². The van der Waals surface area contributed by atoms with Gasteiger partial charge in [-0.1, -0.05) is 20.3 Å². The first kappa shape index (κ1) is 29.0. The molecule has 5 unspecified atom stereocenters. The molecule has 0 saturated carbocycles. The molecule has 0 aliphatic heterocycles. The molecule has 0 bridgehead atoms. The zero-order valence-electron chi connectivity index (χ0n) is 20.6. The second kappa shape index (κ2) is 13.7. The van der Waals surface area contributed by atoms with Crippen molar-refractivity contribution >= 4 is 29.6 Å². The van der Waals surface area contributed by atoms with E-state index in [1.807, 2.05) is 6.92 Å². The lowest BCUT2D eigenvalue weighted by Crippen LogP contribution is -2.59. The summed E-state index contributed by atoms with van der Waals surface area (Å²) >= 11 is 0. The van der Waals surface area contributed by atoms with Crippen molar-refractivity contribution in [1.82, 2.24) is 35.9 Å². The number of nitrogens with zero attached hydrogens (tertiary/aromatic N) is 2. The Morgan fingerprint density at radius 2 is 1.49 bits per heavy atom. The Kier molecular flexibility index (Phi) is 10.7. The van der Waals surface area contributed by atoms with Gasteiger partial charge in [-0.15, -0.1) is 0 Å². The molecular weight excluding hydrogens is 486 g/mol. The fourth-order valence-corrected chi connectivity index (χ4v) is 3.45. The van der Waals surface area contributed by atoms with Gasteiger partial charge in [-0.25, -0.2) is 14.8 Å². The smallest absolute Gasteiger partial charge is 0.326 e. The topological polar surface area (TPSA) is 251 Å². The average molecular weight is 520 g/mol. The number of nitrogens with one attached hydrogen (secondary N) is 5. The summed E-state index contributed by atoms with van der Waals surface area (Å²) in [4.78, 5) is 75.1. The third-order valence-corrected chi connectivity index (χ3v) is 5.76. The zero-order valence-corrected chi connectivity index (χ0v) is 20.6. The number of aliphatic carboxylic acids is 1. The molecule has 202 valence electrons. The lowest BCUT2D eigenvalue weighted by Gasteiger charge is -2.27. The molecule has 0 aliphatic carbocycles. The molecule has 2 aromatic heterocycles. The molecule has 0 aromatic carbocycles. The van der Waals surface area contributed by atoms with E-state index < -0.39 is 60.2 Å². The van der Waals surface area contributed by atoms with Crippen molar-refractivity contribution in [2.75, 3.05) is 0 Å². The van der Waals surface area contributed by atoms with Gasteiger partial charge in [-0.2, -0.15) is 0 Å². The van der Waals surface area contributed by atoms with Crippen LogP contribution in [-0.2, 0) is 36.8 Å². The van der Waals surface area contributed by atoms with Gasteiger partial charge in [0.05, 0.1) is 25.1 Å². The molecule has 0 saturated heterocycles. The maximum Gasteiger partial charge on any atom is 0.326 e. The lowest BCUT2D eigenvalue weighted by atomic mass is 9.97. The fraction of sp³-hybridized carbons (Fsp3) is 0.500. The van der Waals surface area contributed by atoms with Gasteiger partial charge in [0.25, 0.3) is 0 Å². The zero-order chi connectivity index (χ0) is 27.5. The molecule has 15 nitrogen and oxygen atoms in total. The van der Waals surface area contributed by atoms with Crippen LogP contribution in [0.4, 0.5) is 0 Å². The van der Waals surface area contributed by atoms with E-state index in [-0.39, 0.29) is 18.8 Å². The fourth-order valence-electron chi connectivity index (χ4n) is 3.45. The van der Waals surface area contributed by atoms with Gasteiger partial charge < -0.3 is 42.5 Å². The minimum Gasteiger partial charge on any atom is -0.480 e. The lowest BCUT2D eigenvalue weighted by molar-refractivity contribution is -0.143. The summed E-state index contributed by atoms with van der Waals surface area (Å²) in [6, 6.07) is -4.85. The number of hydrogen-bond donors (Lipinski definition) is 8. The molecule has 2 aromatic rings. The molecule has 5 atom stereocenters. The van der Waals surface area contributed by atoms with E-state index in [4.69, 9.17) is 11.5 Å². The van der Waals surface area contributed by atoms with Crippen LogP contribution < -0.4 is 27.4 Å². The van der Waals surface area contributed by atoms with E-state index in [1.165, 1.54) is 25.0 Å². The average Bonchev–Trinajstić information content (AvgIpc) is 3.54. The third kappa shape index (κ3) is 9.03. The van der Waals surface area contributed by atoms with Gasteiger partial charge in [0.15, 0.2) is 0 Å². The maximum atomic E-state index is 13.3. The van der Waals surface area contributed by atoms with Gasteiger partial charge >= 0.3 is 5.97 Å². The van der Waals surface area contributed by atoms with Crippen LogP contribution in [0.3, 0.4) is 0 Å². The summed E-state index contributed by atoms with van der Waals surface area (Å²) in [5, 5.41) is 16.8. The molecule has 37 heavy (non-hydrogen) atoms. The van der Waals surface area contributed by atoms with Crippen molar-refractivity contribution in [3.05, 3.63) is 36.4 Å². The normalized spacial score (nSPS) is 15.0. The second-order valence-electron chi connectivity index (χ2n) is 8.67. The highest BCUT2D eigenvalue weighted by molar-refractivity contribution is 5.95. The maximum absolute atomic E-state index is 13.3. The number of carbonyl (C=O) groups excluding carboxylic acids is 4. The third-order valence-electron chi connectivity index (χ3n) is 5.76. The molecule has 0 aliphatic rings. The first-order chi connectivity index (χ1) is 17.5. The molecule has 0 radical (unpaired) electrons. The van der Waals surface area contributed by atoms with Crippen LogP contribution in [0.2, 0.25) is 0 Å². The molecule has 0 spiro atoms. The van der Waals surface area contributed by atoms with Crippen LogP contribution in [0.15, 0.2) is 25.0 Å². The summed E-state index contributed by atoms with van der Waals surface area (Å²) in [5.74, 6) is -4.82. The number of H-pyrrole nitrogens is 2. The first-order valence-corrected chi connectivity index (χ1v) is 11.6. The summed E-state index contributed by atoms with van der Waals surface area (Å²) in [6.07, 6.45) is 5.79. The number of amides is 4. The van der Waals surface area contributed by atoms with E-state index in [0.717, 1.165) is 0 Å². The number of primary amides is 1. The van der Waals surface area contributed by atoms with E-state index in [1.54, 1.807) is 6.92 Å². The van der Waals surface area contributed by atoms with Gasteiger partial charge in [-0.3, -0.25) is 19.2 Å². The number of hydrogen-bond acceptors (Lipinski definition) is 8. The Balaban J connectivity index is 2.18. The first-order valence-electron chi connectivity index (χ1n) is 11.6. The summed E-state index contributed by atoms with van der Waals surface area (Å²) in [6.45, 7) is 3.58.